The first-order chi connectivity index (χ1) is 6.68. The molecule has 1 unspecified atom stereocenters. The molecular formula is C9H6N2O3. The number of carboxylic acids is 1. The van der Waals surface area contributed by atoms with Crippen molar-refractivity contribution >= 4 is 23.9 Å². The van der Waals surface area contributed by atoms with Gasteiger partial charge < -0.3 is 5.11 Å². The Morgan fingerprint density at radius 3 is 3.00 bits per heavy atom. The summed E-state index contributed by atoms with van der Waals surface area (Å²) in [5.41, 5.74) is 0.563. The first-order valence-electron chi connectivity index (χ1n) is 3.96. The highest BCUT2D eigenvalue weighted by Gasteiger charge is 2.26. The summed E-state index contributed by atoms with van der Waals surface area (Å²) in [4.78, 5) is 29.2. The fourth-order valence-electron chi connectivity index (χ4n) is 1.29. The molecule has 0 aromatic carbocycles. The quantitative estimate of drug-likeness (QED) is 0.641. The van der Waals surface area contributed by atoms with E-state index in [1.165, 1.54) is 18.2 Å². The summed E-state index contributed by atoms with van der Waals surface area (Å²) in [5.74, 6) is -1.85. The number of carbonyl (C=O) groups excluding carboxylic acids is 1. The first-order valence-corrected chi connectivity index (χ1v) is 3.96. The van der Waals surface area contributed by atoms with Crippen LogP contribution in [0.2, 0.25) is 0 Å². The van der Waals surface area contributed by atoms with Gasteiger partial charge in [0.25, 0.3) is 5.91 Å². The Kier molecular flexibility index (Phi) is 1.85. The Labute approximate surface area is 79.2 Å². The van der Waals surface area contributed by atoms with Gasteiger partial charge in [0.05, 0.1) is 11.3 Å². The van der Waals surface area contributed by atoms with Crippen molar-refractivity contribution in [2.75, 3.05) is 0 Å². The lowest BCUT2D eigenvalue weighted by molar-refractivity contribution is -0.132. The van der Waals surface area contributed by atoms with E-state index in [2.05, 4.69) is 9.98 Å². The van der Waals surface area contributed by atoms with Gasteiger partial charge in [0.15, 0.2) is 0 Å². The van der Waals surface area contributed by atoms with Gasteiger partial charge >= 0.3 is 5.97 Å². The molecule has 0 saturated heterocycles. The molecule has 1 aliphatic carbocycles. The van der Waals surface area contributed by atoms with E-state index in [1.54, 1.807) is 0 Å². The van der Waals surface area contributed by atoms with E-state index in [0.29, 0.717) is 5.71 Å². The highest BCUT2D eigenvalue weighted by Crippen LogP contribution is 2.18. The molecule has 0 fully saturated rings. The molecule has 5 nitrogen and oxygen atoms in total. The van der Waals surface area contributed by atoms with Crippen LogP contribution in [0.15, 0.2) is 33.8 Å². The summed E-state index contributed by atoms with van der Waals surface area (Å²) in [6.07, 6.45) is 5.42. The van der Waals surface area contributed by atoms with Crippen LogP contribution >= 0.6 is 0 Å². The zero-order valence-corrected chi connectivity index (χ0v) is 7.04. The molecule has 0 bridgehead atoms. The number of hydrogen-bond donors (Lipinski definition) is 1. The predicted molar refractivity (Wildman–Crippen MR) is 49.3 cm³/mol. The lowest BCUT2D eigenvalue weighted by Gasteiger charge is -2.15. The van der Waals surface area contributed by atoms with Crippen molar-refractivity contribution in [3.05, 3.63) is 23.8 Å². The van der Waals surface area contributed by atoms with Crippen LogP contribution in [0, 0.1) is 5.92 Å². The number of carboxylic acid groups (broad SMARTS) is 1. The SMILES string of the molecule is O=C(O)C1=CC2=NC=NC(=O)C2C=C1. The van der Waals surface area contributed by atoms with E-state index in [9.17, 15) is 9.59 Å². The van der Waals surface area contributed by atoms with Crippen LogP contribution in [-0.2, 0) is 9.59 Å². The minimum atomic E-state index is -1.03. The molecule has 5 heteroatoms. The zero-order valence-electron chi connectivity index (χ0n) is 7.04. The summed E-state index contributed by atoms with van der Waals surface area (Å²) >= 11 is 0. The molecule has 2 aliphatic rings. The Hall–Kier alpha value is -2.04. The molecule has 14 heavy (non-hydrogen) atoms. The number of nitrogens with zero attached hydrogens (tertiary/aromatic N) is 2. The van der Waals surface area contributed by atoms with Crippen LogP contribution in [0.4, 0.5) is 0 Å². The molecule has 1 aliphatic heterocycles. The van der Waals surface area contributed by atoms with E-state index in [1.807, 2.05) is 0 Å². The van der Waals surface area contributed by atoms with Crippen molar-refractivity contribution in [3.8, 4) is 0 Å². The predicted octanol–water partition coefficient (Wildman–Crippen LogP) is 0.193. The van der Waals surface area contributed by atoms with Crippen molar-refractivity contribution in [3.63, 3.8) is 0 Å². The smallest absolute Gasteiger partial charge is 0.335 e. The maximum absolute atomic E-state index is 11.2. The third-order valence-corrected chi connectivity index (χ3v) is 2.00. The second-order valence-electron chi connectivity index (χ2n) is 2.88. The van der Waals surface area contributed by atoms with Gasteiger partial charge in [-0.2, -0.15) is 0 Å². The van der Waals surface area contributed by atoms with Crippen LogP contribution in [0.1, 0.15) is 0 Å². The van der Waals surface area contributed by atoms with E-state index < -0.39 is 11.9 Å². The average Bonchev–Trinajstić information content (AvgIpc) is 2.17. The highest BCUT2D eigenvalue weighted by molar-refractivity contribution is 6.20. The van der Waals surface area contributed by atoms with Gasteiger partial charge in [-0.3, -0.25) is 4.79 Å². The zero-order chi connectivity index (χ0) is 10.1. The molecule has 1 N–H and O–H groups in total. The number of allylic oxidation sites excluding steroid dienone is 1. The number of carbonyl (C=O) groups is 2. The first kappa shape index (κ1) is 8.55. The van der Waals surface area contributed by atoms with Gasteiger partial charge in [0.2, 0.25) is 0 Å². The van der Waals surface area contributed by atoms with Crippen molar-refractivity contribution < 1.29 is 14.7 Å². The van der Waals surface area contributed by atoms with Crippen LogP contribution < -0.4 is 0 Å². The third kappa shape index (κ3) is 1.28. The normalized spacial score (nSPS) is 24.0. The highest BCUT2D eigenvalue weighted by atomic mass is 16.4. The summed E-state index contributed by atoms with van der Waals surface area (Å²) in [7, 11) is 0. The number of rotatable bonds is 1. The van der Waals surface area contributed by atoms with E-state index >= 15 is 0 Å². The Morgan fingerprint density at radius 2 is 2.29 bits per heavy atom. The van der Waals surface area contributed by atoms with Crippen LogP contribution in [0.5, 0.6) is 0 Å². The van der Waals surface area contributed by atoms with Crippen molar-refractivity contribution in [2.24, 2.45) is 15.9 Å². The standard InChI is InChI=1S/C9H6N2O3/c12-8-6-2-1-5(9(13)14)3-7(6)10-4-11-8/h1-4,6H,(H,13,14). The molecule has 1 amide bonds. The van der Waals surface area contributed by atoms with E-state index in [0.717, 1.165) is 6.34 Å². The second-order valence-corrected chi connectivity index (χ2v) is 2.88. The minimum absolute atomic E-state index is 0.128. The van der Waals surface area contributed by atoms with Crippen molar-refractivity contribution in [2.45, 2.75) is 0 Å². The molecule has 0 radical (unpaired) electrons. The van der Waals surface area contributed by atoms with Crippen molar-refractivity contribution in [1.82, 2.24) is 0 Å². The average molecular weight is 190 g/mol. The van der Waals surface area contributed by atoms with Crippen LogP contribution in [0.25, 0.3) is 0 Å². The number of aliphatic carboxylic acids is 1. The molecule has 70 valence electrons. The Morgan fingerprint density at radius 1 is 1.50 bits per heavy atom. The molecule has 0 aromatic heterocycles. The number of aliphatic imine (C=N–C) groups is 2. The largest absolute Gasteiger partial charge is 0.478 e. The molecule has 2 rings (SSSR count). The van der Waals surface area contributed by atoms with Gasteiger partial charge in [-0.25, -0.2) is 14.8 Å². The van der Waals surface area contributed by atoms with E-state index in [-0.39, 0.29) is 11.5 Å². The van der Waals surface area contributed by atoms with E-state index in [4.69, 9.17) is 5.11 Å². The monoisotopic (exact) mass is 190 g/mol. The fraction of sp³-hybridized carbons (Fsp3) is 0.111. The van der Waals surface area contributed by atoms with Crippen LogP contribution in [-0.4, -0.2) is 29.0 Å². The maximum Gasteiger partial charge on any atom is 0.335 e. The lowest BCUT2D eigenvalue weighted by atomic mass is 9.93. The number of hydrogen-bond acceptors (Lipinski definition) is 3. The van der Waals surface area contributed by atoms with Gasteiger partial charge in [-0.1, -0.05) is 12.2 Å². The van der Waals surface area contributed by atoms with Gasteiger partial charge in [0.1, 0.15) is 12.3 Å². The van der Waals surface area contributed by atoms with Gasteiger partial charge in [-0.05, 0) is 6.08 Å². The Balaban J connectivity index is 2.40. The van der Waals surface area contributed by atoms with Crippen molar-refractivity contribution in [1.29, 1.82) is 0 Å². The number of amides is 1. The molecule has 1 atom stereocenters. The van der Waals surface area contributed by atoms with Gasteiger partial charge in [-0.15, -0.1) is 0 Å². The summed E-state index contributed by atoms with van der Waals surface area (Å²) in [6, 6.07) is 0. The second kappa shape index (κ2) is 3.02. The Bertz CT molecular complexity index is 429. The third-order valence-electron chi connectivity index (χ3n) is 2.00. The van der Waals surface area contributed by atoms with Crippen LogP contribution in [0.3, 0.4) is 0 Å². The summed E-state index contributed by atoms with van der Waals surface area (Å²) in [5, 5.41) is 8.70. The molecule has 0 aromatic rings. The molecule has 0 saturated carbocycles. The number of fused-ring (bicyclic) bond motifs is 1. The molecule has 0 spiro atoms. The summed E-state index contributed by atoms with van der Waals surface area (Å²) in [6.45, 7) is 0. The fourth-order valence-corrected chi connectivity index (χ4v) is 1.29. The maximum atomic E-state index is 11.2. The molecular weight excluding hydrogens is 184 g/mol. The molecule has 1 heterocycles. The lowest BCUT2D eigenvalue weighted by Crippen LogP contribution is -2.25. The topological polar surface area (TPSA) is 79.1 Å². The summed E-state index contributed by atoms with van der Waals surface area (Å²) < 4.78 is 0. The van der Waals surface area contributed by atoms with Gasteiger partial charge in [0, 0.05) is 0 Å². The minimum Gasteiger partial charge on any atom is -0.478 e.